The Morgan fingerprint density at radius 3 is 2.14 bits per heavy atom. The first-order valence-electron chi connectivity index (χ1n) is 5.39. The average molecular weight is 202 g/mol. The maximum Gasteiger partial charge on any atom is 0.0639 e. The number of ether oxygens (including phenoxy) is 1. The lowest BCUT2D eigenvalue weighted by Crippen LogP contribution is -2.57. The molecular weight excluding hydrogens is 176 g/mol. The van der Waals surface area contributed by atoms with Gasteiger partial charge in [-0.1, -0.05) is 6.92 Å². The molecule has 2 unspecified atom stereocenters. The standard InChI is InChI=1S/C11H26N2O/c1-7-11(4,13(5)6)10(12)8-14-9(2)3/h9-10H,7-8,12H2,1-6H3. The normalized spacial score (nSPS) is 18.6. The van der Waals surface area contributed by atoms with Crippen LogP contribution in [0.1, 0.15) is 34.1 Å². The van der Waals surface area contributed by atoms with Crippen LogP contribution in [0.5, 0.6) is 0 Å². The van der Waals surface area contributed by atoms with E-state index in [9.17, 15) is 0 Å². The number of hydrogen-bond donors (Lipinski definition) is 1. The van der Waals surface area contributed by atoms with Gasteiger partial charge in [0.05, 0.1) is 12.7 Å². The fraction of sp³-hybridized carbons (Fsp3) is 1.00. The highest BCUT2D eigenvalue weighted by atomic mass is 16.5. The molecule has 0 rings (SSSR count). The summed E-state index contributed by atoms with van der Waals surface area (Å²) >= 11 is 0. The van der Waals surface area contributed by atoms with Gasteiger partial charge in [0.25, 0.3) is 0 Å². The van der Waals surface area contributed by atoms with Crippen molar-refractivity contribution in [3.8, 4) is 0 Å². The highest BCUT2D eigenvalue weighted by Gasteiger charge is 2.32. The van der Waals surface area contributed by atoms with Crippen molar-refractivity contribution >= 4 is 0 Å². The van der Waals surface area contributed by atoms with E-state index in [0.29, 0.717) is 6.61 Å². The lowest BCUT2D eigenvalue weighted by Gasteiger charge is -2.40. The number of nitrogens with zero attached hydrogens (tertiary/aromatic N) is 1. The Morgan fingerprint density at radius 2 is 1.86 bits per heavy atom. The molecule has 0 bridgehead atoms. The third-order valence-electron chi connectivity index (χ3n) is 3.15. The smallest absolute Gasteiger partial charge is 0.0639 e. The van der Waals surface area contributed by atoms with Gasteiger partial charge in [-0.25, -0.2) is 0 Å². The van der Waals surface area contributed by atoms with Crippen LogP contribution in [0.4, 0.5) is 0 Å². The van der Waals surface area contributed by atoms with Crippen molar-refractivity contribution < 1.29 is 4.74 Å². The van der Waals surface area contributed by atoms with Gasteiger partial charge in [0.15, 0.2) is 0 Å². The van der Waals surface area contributed by atoms with Crippen molar-refractivity contribution in [2.75, 3.05) is 20.7 Å². The molecule has 0 heterocycles. The Kier molecular flexibility index (Phi) is 5.64. The van der Waals surface area contributed by atoms with Crippen LogP contribution in [0.15, 0.2) is 0 Å². The van der Waals surface area contributed by atoms with E-state index in [0.717, 1.165) is 6.42 Å². The van der Waals surface area contributed by atoms with Crippen molar-refractivity contribution in [1.29, 1.82) is 0 Å². The van der Waals surface area contributed by atoms with E-state index in [2.05, 4.69) is 32.8 Å². The summed E-state index contributed by atoms with van der Waals surface area (Å²) in [7, 11) is 4.14. The Bertz CT molecular complexity index is 159. The molecule has 3 heteroatoms. The second-order valence-corrected chi connectivity index (χ2v) is 4.59. The van der Waals surface area contributed by atoms with Gasteiger partial charge in [-0.2, -0.15) is 0 Å². The van der Waals surface area contributed by atoms with E-state index in [4.69, 9.17) is 10.5 Å². The molecule has 86 valence electrons. The molecule has 0 spiro atoms. The van der Waals surface area contributed by atoms with Crippen LogP contribution in [0.2, 0.25) is 0 Å². The molecular formula is C11H26N2O. The van der Waals surface area contributed by atoms with Crippen LogP contribution in [0.3, 0.4) is 0 Å². The molecule has 14 heavy (non-hydrogen) atoms. The van der Waals surface area contributed by atoms with E-state index >= 15 is 0 Å². The maximum absolute atomic E-state index is 6.15. The van der Waals surface area contributed by atoms with Gasteiger partial charge in [-0.05, 0) is 41.3 Å². The lowest BCUT2D eigenvalue weighted by atomic mass is 9.89. The predicted octanol–water partition coefficient (Wildman–Crippen LogP) is 1.47. The molecule has 0 amide bonds. The van der Waals surface area contributed by atoms with Crippen molar-refractivity contribution in [2.24, 2.45) is 5.73 Å². The highest BCUT2D eigenvalue weighted by molar-refractivity contribution is 4.92. The minimum atomic E-state index is 0.0227. The molecule has 0 saturated heterocycles. The first-order chi connectivity index (χ1) is 6.34. The molecule has 2 atom stereocenters. The number of likely N-dealkylation sites (N-methyl/N-ethyl adjacent to an activating group) is 1. The van der Waals surface area contributed by atoms with Gasteiger partial charge in [0.1, 0.15) is 0 Å². The zero-order valence-electron chi connectivity index (χ0n) is 10.5. The van der Waals surface area contributed by atoms with Gasteiger partial charge >= 0.3 is 0 Å². The van der Waals surface area contributed by atoms with Crippen LogP contribution in [0, 0.1) is 0 Å². The number of rotatable bonds is 6. The van der Waals surface area contributed by atoms with Gasteiger partial charge in [0, 0.05) is 11.6 Å². The van der Waals surface area contributed by atoms with Crippen LogP contribution < -0.4 is 5.73 Å². The Balaban J connectivity index is 4.24. The SMILES string of the molecule is CCC(C)(C(N)COC(C)C)N(C)C. The number of nitrogens with two attached hydrogens (primary N) is 1. The average Bonchev–Trinajstić information content (AvgIpc) is 2.12. The first kappa shape index (κ1) is 13.9. The van der Waals surface area contributed by atoms with Gasteiger partial charge in [0.2, 0.25) is 0 Å². The third kappa shape index (κ3) is 3.56. The number of hydrogen-bond acceptors (Lipinski definition) is 3. The summed E-state index contributed by atoms with van der Waals surface area (Å²) in [6.45, 7) is 9.04. The van der Waals surface area contributed by atoms with Crippen molar-refractivity contribution in [3.05, 3.63) is 0 Å². The highest BCUT2D eigenvalue weighted by Crippen LogP contribution is 2.19. The Labute approximate surface area is 88.6 Å². The van der Waals surface area contributed by atoms with Gasteiger partial charge < -0.3 is 15.4 Å². The molecule has 3 nitrogen and oxygen atoms in total. The van der Waals surface area contributed by atoms with Gasteiger partial charge in [-0.15, -0.1) is 0 Å². The topological polar surface area (TPSA) is 38.5 Å². The Morgan fingerprint density at radius 1 is 1.36 bits per heavy atom. The lowest BCUT2D eigenvalue weighted by molar-refractivity contribution is 0.0236. The summed E-state index contributed by atoms with van der Waals surface area (Å²) in [5.41, 5.74) is 6.17. The molecule has 0 aliphatic heterocycles. The van der Waals surface area contributed by atoms with E-state index in [1.807, 2.05) is 13.8 Å². The summed E-state index contributed by atoms with van der Waals surface area (Å²) in [5.74, 6) is 0. The largest absolute Gasteiger partial charge is 0.377 e. The van der Waals surface area contributed by atoms with Crippen LogP contribution in [0.25, 0.3) is 0 Å². The van der Waals surface area contributed by atoms with Crippen molar-refractivity contribution in [2.45, 2.75) is 51.8 Å². The fourth-order valence-electron chi connectivity index (χ4n) is 1.39. The zero-order chi connectivity index (χ0) is 11.4. The van der Waals surface area contributed by atoms with E-state index in [1.54, 1.807) is 0 Å². The van der Waals surface area contributed by atoms with Crippen molar-refractivity contribution in [3.63, 3.8) is 0 Å². The molecule has 0 saturated carbocycles. The molecule has 0 aliphatic carbocycles. The van der Waals surface area contributed by atoms with Crippen LogP contribution in [-0.2, 0) is 4.74 Å². The molecule has 0 radical (unpaired) electrons. The summed E-state index contributed by atoms with van der Waals surface area (Å²) in [4.78, 5) is 2.18. The minimum Gasteiger partial charge on any atom is -0.377 e. The van der Waals surface area contributed by atoms with E-state index in [-0.39, 0.29) is 17.7 Å². The van der Waals surface area contributed by atoms with Crippen LogP contribution >= 0.6 is 0 Å². The minimum absolute atomic E-state index is 0.0227. The molecule has 0 aliphatic rings. The summed E-state index contributed by atoms with van der Waals surface area (Å²) in [6.07, 6.45) is 1.28. The maximum atomic E-state index is 6.15. The molecule has 0 aromatic carbocycles. The molecule has 0 aromatic rings. The molecule has 2 N–H and O–H groups in total. The fourth-order valence-corrected chi connectivity index (χ4v) is 1.39. The third-order valence-corrected chi connectivity index (χ3v) is 3.15. The first-order valence-corrected chi connectivity index (χ1v) is 5.39. The van der Waals surface area contributed by atoms with E-state index in [1.165, 1.54) is 0 Å². The van der Waals surface area contributed by atoms with Gasteiger partial charge in [-0.3, -0.25) is 0 Å². The Hall–Kier alpha value is -0.120. The quantitative estimate of drug-likeness (QED) is 0.709. The zero-order valence-corrected chi connectivity index (χ0v) is 10.5. The summed E-state index contributed by atoms with van der Waals surface area (Å²) < 4.78 is 5.55. The monoisotopic (exact) mass is 202 g/mol. The molecule has 0 fully saturated rings. The summed E-state index contributed by atoms with van der Waals surface area (Å²) in [5, 5.41) is 0. The molecule has 0 aromatic heterocycles. The second-order valence-electron chi connectivity index (χ2n) is 4.59. The van der Waals surface area contributed by atoms with E-state index < -0.39 is 0 Å². The van der Waals surface area contributed by atoms with Crippen LogP contribution in [-0.4, -0.2) is 43.3 Å². The summed E-state index contributed by atoms with van der Waals surface area (Å²) in [6, 6.07) is 0.0601. The second kappa shape index (κ2) is 5.69. The predicted molar refractivity (Wildman–Crippen MR) is 61.4 cm³/mol. The van der Waals surface area contributed by atoms with Crippen molar-refractivity contribution in [1.82, 2.24) is 4.90 Å².